The summed E-state index contributed by atoms with van der Waals surface area (Å²) in [7, 11) is 1.92. The van der Waals surface area contributed by atoms with E-state index in [1.165, 1.54) is 6.07 Å². The first-order valence-electron chi connectivity index (χ1n) is 12.4. The Morgan fingerprint density at radius 1 is 0.950 bits per heavy atom. The Labute approximate surface area is 234 Å². The van der Waals surface area contributed by atoms with Gasteiger partial charge in [-0.3, -0.25) is 10.0 Å². The van der Waals surface area contributed by atoms with Crippen LogP contribution in [0.1, 0.15) is 37.7 Å². The number of benzene rings is 2. The van der Waals surface area contributed by atoms with E-state index in [0.717, 1.165) is 43.8 Å². The number of unbranched alkanes of at least 4 members (excludes halogenated alkanes) is 3. The topological polar surface area (TPSA) is 116 Å². The van der Waals surface area contributed by atoms with Crippen LogP contribution < -0.4 is 25.8 Å². The summed E-state index contributed by atoms with van der Waals surface area (Å²) in [4.78, 5) is 29.7. The molecule has 1 heterocycles. The predicted molar refractivity (Wildman–Crippen MR) is 146 cm³/mol. The van der Waals surface area contributed by atoms with E-state index in [2.05, 4.69) is 15.6 Å². The van der Waals surface area contributed by atoms with Gasteiger partial charge in [0.2, 0.25) is 5.91 Å². The SMILES string of the molecule is CN(CCCCCCC(=O)NO)c1cc(Oc2ccc(NC(=O)Nc3ccc(Cl)c(C(F)(F)F)c3)cc2)ccn1. The zero-order valence-corrected chi connectivity index (χ0v) is 22.4. The largest absolute Gasteiger partial charge is 0.457 e. The number of anilines is 3. The summed E-state index contributed by atoms with van der Waals surface area (Å²) in [6, 6.07) is 12.4. The van der Waals surface area contributed by atoms with Crippen molar-refractivity contribution in [2.45, 2.75) is 38.3 Å². The highest BCUT2D eigenvalue weighted by Gasteiger charge is 2.33. The van der Waals surface area contributed by atoms with Gasteiger partial charge in [0.05, 0.1) is 10.6 Å². The number of carbonyl (C=O) groups excluding carboxylic acids is 2. The first-order valence-corrected chi connectivity index (χ1v) is 12.8. The Hall–Kier alpha value is -4.03. The number of hydrogen-bond donors (Lipinski definition) is 4. The number of amides is 3. The Balaban J connectivity index is 1.49. The normalized spacial score (nSPS) is 11.1. The highest BCUT2D eigenvalue weighted by molar-refractivity contribution is 6.31. The van der Waals surface area contributed by atoms with Crippen LogP contribution in [-0.4, -0.2) is 35.7 Å². The lowest BCUT2D eigenvalue weighted by molar-refractivity contribution is -0.137. The average molecular weight is 580 g/mol. The monoisotopic (exact) mass is 579 g/mol. The van der Waals surface area contributed by atoms with Crippen LogP contribution in [-0.2, 0) is 11.0 Å². The van der Waals surface area contributed by atoms with E-state index >= 15 is 0 Å². The Morgan fingerprint density at radius 2 is 1.62 bits per heavy atom. The van der Waals surface area contributed by atoms with E-state index in [-0.39, 0.29) is 11.6 Å². The molecular weight excluding hydrogens is 551 g/mol. The highest BCUT2D eigenvalue weighted by atomic mass is 35.5. The van der Waals surface area contributed by atoms with Crippen molar-refractivity contribution in [2.24, 2.45) is 0 Å². The number of nitrogens with one attached hydrogen (secondary N) is 3. The third-order valence-corrected chi connectivity index (χ3v) is 6.09. The fourth-order valence-corrected chi connectivity index (χ4v) is 3.91. The van der Waals surface area contributed by atoms with Gasteiger partial charge in [-0.2, -0.15) is 13.2 Å². The molecule has 4 N–H and O–H groups in total. The number of carbonyl (C=O) groups is 2. The third-order valence-electron chi connectivity index (χ3n) is 5.76. The zero-order valence-electron chi connectivity index (χ0n) is 21.6. The molecule has 0 fully saturated rings. The second kappa shape index (κ2) is 14.4. The number of ether oxygens (including phenoxy) is 1. The molecule has 2 aromatic carbocycles. The average Bonchev–Trinajstić information content (AvgIpc) is 2.92. The molecule has 0 atom stereocenters. The van der Waals surface area contributed by atoms with E-state index in [1.54, 1.807) is 48.1 Å². The maximum atomic E-state index is 13.0. The molecule has 0 unspecified atom stereocenters. The number of urea groups is 1. The van der Waals surface area contributed by atoms with E-state index in [9.17, 15) is 22.8 Å². The molecule has 0 bridgehead atoms. The van der Waals surface area contributed by atoms with Crippen molar-refractivity contribution in [1.82, 2.24) is 10.5 Å². The van der Waals surface area contributed by atoms with Crippen LogP contribution in [0.25, 0.3) is 0 Å². The molecule has 40 heavy (non-hydrogen) atoms. The van der Waals surface area contributed by atoms with Gasteiger partial charge in [0.1, 0.15) is 17.3 Å². The number of halogens is 4. The van der Waals surface area contributed by atoms with Gasteiger partial charge < -0.3 is 20.3 Å². The second-order valence-electron chi connectivity index (χ2n) is 8.87. The number of pyridine rings is 1. The molecule has 13 heteroatoms. The van der Waals surface area contributed by atoms with Crippen LogP contribution in [0.15, 0.2) is 60.8 Å². The Morgan fingerprint density at radius 3 is 2.33 bits per heavy atom. The van der Waals surface area contributed by atoms with Crippen molar-refractivity contribution < 1.29 is 32.7 Å². The molecule has 0 aliphatic rings. The van der Waals surface area contributed by atoms with Gasteiger partial charge >= 0.3 is 12.2 Å². The molecule has 1 aromatic heterocycles. The molecule has 0 radical (unpaired) electrons. The molecule has 0 spiro atoms. The number of hydroxylamine groups is 1. The predicted octanol–water partition coefficient (Wildman–Crippen LogP) is 7.08. The van der Waals surface area contributed by atoms with Crippen molar-refractivity contribution in [1.29, 1.82) is 0 Å². The van der Waals surface area contributed by atoms with Crippen molar-refractivity contribution >= 4 is 40.7 Å². The molecular formula is C27H29ClF3N5O4. The lowest BCUT2D eigenvalue weighted by atomic mass is 10.1. The Kier molecular flexibility index (Phi) is 11.0. The first kappa shape index (κ1) is 30.5. The van der Waals surface area contributed by atoms with Gasteiger partial charge in [0.25, 0.3) is 0 Å². The summed E-state index contributed by atoms with van der Waals surface area (Å²) >= 11 is 5.61. The van der Waals surface area contributed by atoms with Crippen LogP contribution in [0.4, 0.5) is 35.2 Å². The summed E-state index contributed by atoms with van der Waals surface area (Å²) in [6.07, 6.45) is 0.726. The van der Waals surface area contributed by atoms with Crippen molar-refractivity contribution in [3.63, 3.8) is 0 Å². The highest BCUT2D eigenvalue weighted by Crippen LogP contribution is 2.36. The fraction of sp³-hybridized carbons (Fsp3) is 0.296. The van der Waals surface area contributed by atoms with Gasteiger partial charge in [-0.25, -0.2) is 15.3 Å². The molecule has 0 aliphatic carbocycles. The summed E-state index contributed by atoms with van der Waals surface area (Å²) in [5.74, 6) is 1.41. The molecule has 3 aromatic rings. The molecule has 214 valence electrons. The quantitative estimate of drug-likeness (QED) is 0.103. The van der Waals surface area contributed by atoms with Crippen LogP contribution in [0.2, 0.25) is 5.02 Å². The van der Waals surface area contributed by atoms with Crippen molar-refractivity contribution in [3.8, 4) is 11.5 Å². The third kappa shape index (κ3) is 9.62. The van der Waals surface area contributed by atoms with Gasteiger partial charge in [-0.05, 0) is 61.4 Å². The zero-order chi connectivity index (χ0) is 29.1. The number of aromatic nitrogens is 1. The maximum absolute atomic E-state index is 13.0. The minimum Gasteiger partial charge on any atom is -0.457 e. The van der Waals surface area contributed by atoms with Crippen LogP contribution in [0.5, 0.6) is 11.5 Å². The van der Waals surface area contributed by atoms with E-state index < -0.39 is 22.8 Å². The molecule has 0 aliphatic heterocycles. The first-order chi connectivity index (χ1) is 19.0. The molecule has 0 saturated carbocycles. The van der Waals surface area contributed by atoms with E-state index in [0.29, 0.717) is 30.0 Å². The second-order valence-corrected chi connectivity index (χ2v) is 9.28. The number of hydrogen-bond acceptors (Lipinski definition) is 6. The van der Waals surface area contributed by atoms with Gasteiger partial charge in [-0.15, -0.1) is 0 Å². The minimum atomic E-state index is -4.64. The summed E-state index contributed by atoms with van der Waals surface area (Å²) in [5, 5.41) is 13.0. The minimum absolute atomic E-state index is 0.0558. The Bertz CT molecular complexity index is 1290. The van der Waals surface area contributed by atoms with Gasteiger partial charge in [0, 0.05) is 43.7 Å². The number of alkyl halides is 3. The summed E-state index contributed by atoms with van der Waals surface area (Å²) < 4.78 is 45.0. The summed E-state index contributed by atoms with van der Waals surface area (Å²) in [6.45, 7) is 0.763. The molecule has 9 nitrogen and oxygen atoms in total. The number of rotatable bonds is 12. The molecule has 3 rings (SSSR count). The standard InChI is InChI=1S/C27H29ClF3N5O4/c1-36(15-5-3-2-4-6-25(37)35-39)24-17-21(13-14-32-24)40-20-10-7-18(8-11-20)33-26(38)34-19-9-12-23(28)22(16-19)27(29,30)31/h7-14,16-17,39H,2-6,15H2,1H3,(H,35,37)(H2,33,34,38). The summed E-state index contributed by atoms with van der Waals surface area (Å²) in [5.41, 5.74) is 0.932. The lowest BCUT2D eigenvalue weighted by Gasteiger charge is -2.18. The van der Waals surface area contributed by atoms with Crippen molar-refractivity contribution in [2.75, 3.05) is 29.1 Å². The number of nitrogens with zero attached hydrogens (tertiary/aromatic N) is 2. The lowest BCUT2D eigenvalue weighted by Crippen LogP contribution is -2.20. The van der Waals surface area contributed by atoms with E-state index in [1.807, 2.05) is 11.9 Å². The van der Waals surface area contributed by atoms with E-state index in [4.69, 9.17) is 21.5 Å². The fourth-order valence-electron chi connectivity index (χ4n) is 3.69. The molecule has 3 amide bonds. The molecule has 0 saturated heterocycles. The maximum Gasteiger partial charge on any atom is 0.417 e. The van der Waals surface area contributed by atoms with Gasteiger partial charge in [0.15, 0.2) is 0 Å². The van der Waals surface area contributed by atoms with Crippen LogP contribution in [0, 0.1) is 0 Å². The van der Waals surface area contributed by atoms with Crippen LogP contribution >= 0.6 is 11.6 Å². The van der Waals surface area contributed by atoms with Gasteiger partial charge in [-0.1, -0.05) is 24.4 Å². The smallest absolute Gasteiger partial charge is 0.417 e. The van der Waals surface area contributed by atoms with Crippen molar-refractivity contribution in [3.05, 3.63) is 71.4 Å². The van der Waals surface area contributed by atoms with Crippen LogP contribution in [0.3, 0.4) is 0 Å².